The number of benzene rings is 2. The summed E-state index contributed by atoms with van der Waals surface area (Å²) in [7, 11) is -2.39. The summed E-state index contributed by atoms with van der Waals surface area (Å²) in [6.45, 7) is 0.240. The van der Waals surface area contributed by atoms with Crippen LogP contribution in [0.1, 0.15) is 12.8 Å². The minimum Gasteiger partial charge on any atom is -0.495 e. The number of nitrogens with one attached hydrogen (secondary N) is 1. The van der Waals surface area contributed by atoms with E-state index in [2.05, 4.69) is 5.32 Å². The molecule has 3 rings (SSSR count). The smallest absolute Gasteiger partial charge is 0.243 e. The van der Waals surface area contributed by atoms with Gasteiger partial charge < -0.3 is 10.1 Å². The van der Waals surface area contributed by atoms with Crippen LogP contribution in [-0.2, 0) is 14.8 Å². The highest BCUT2D eigenvalue weighted by Crippen LogP contribution is 2.29. The van der Waals surface area contributed by atoms with E-state index in [9.17, 15) is 17.6 Å². The van der Waals surface area contributed by atoms with Gasteiger partial charge in [-0.1, -0.05) is 12.1 Å². The maximum atomic E-state index is 13.1. The Morgan fingerprint density at radius 3 is 2.58 bits per heavy atom. The van der Waals surface area contributed by atoms with Gasteiger partial charge in [0.2, 0.25) is 15.9 Å². The van der Waals surface area contributed by atoms with Crippen molar-refractivity contribution in [1.29, 1.82) is 0 Å². The third-order valence-corrected chi connectivity index (χ3v) is 6.21. The van der Waals surface area contributed by atoms with Gasteiger partial charge in [-0.25, -0.2) is 12.8 Å². The molecule has 1 amide bonds. The third-order valence-electron chi connectivity index (χ3n) is 4.29. The highest BCUT2D eigenvalue weighted by Gasteiger charge is 2.39. The fourth-order valence-electron chi connectivity index (χ4n) is 3.00. The fourth-order valence-corrected chi connectivity index (χ4v) is 4.65. The van der Waals surface area contributed by atoms with Gasteiger partial charge in [0.25, 0.3) is 0 Å². The Labute approximate surface area is 151 Å². The van der Waals surface area contributed by atoms with Gasteiger partial charge in [-0.2, -0.15) is 4.31 Å². The molecule has 0 bridgehead atoms. The predicted molar refractivity (Wildman–Crippen MR) is 94.9 cm³/mol. The number of hydrogen-bond acceptors (Lipinski definition) is 4. The lowest BCUT2D eigenvalue weighted by Gasteiger charge is -2.23. The van der Waals surface area contributed by atoms with E-state index in [4.69, 9.17) is 4.74 Å². The lowest BCUT2D eigenvalue weighted by Crippen LogP contribution is -2.43. The van der Waals surface area contributed by atoms with Crippen molar-refractivity contribution in [3.8, 4) is 5.75 Å². The Bertz CT molecular complexity index is 900. The largest absolute Gasteiger partial charge is 0.495 e. The molecule has 1 N–H and O–H groups in total. The number of carbonyl (C=O) groups excluding carboxylic acids is 1. The summed E-state index contributed by atoms with van der Waals surface area (Å²) in [5.74, 6) is -0.444. The molecule has 6 nitrogen and oxygen atoms in total. The van der Waals surface area contributed by atoms with Gasteiger partial charge in [-0.15, -0.1) is 0 Å². The molecule has 138 valence electrons. The lowest BCUT2D eigenvalue weighted by molar-refractivity contribution is -0.119. The number of halogens is 1. The topological polar surface area (TPSA) is 75.7 Å². The van der Waals surface area contributed by atoms with Crippen LogP contribution in [0.5, 0.6) is 5.75 Å². The van der Waals surface area contributed by atoms with Crippen molar-refractivity contribution in [3.63, 3.8) is 0 Å². The normalized spacial score (nSPS) is 17.8. The maximum absolute atomic E-state index is 13.1. The fraction of sp³-hybridized carbons (Fsp3) is 0.278. The van der Waals surface area contributed by atoms with Crippen LogP contribution in [0.3, 0.4) is 0 Å². The van der Waals surface area contributed by atoms with Crippen LogP contribution in [0.15, 0.2) is 53.4 Å². The van der Waals surface area contributed by atoms with E-state index in [-0.39, 0.29) is 11.4 Å². The minimum absolute atomic E-state index is 0.0316. The van der Waals surface area contributed by atoms with Gasteiger partial charge in [0, 0.05) is 6.54 Å². The number of hydrogen-bond donors (Lipinski definition) is 1. The second-order valence-corrected chi connectivity index (χ2v) is 7.81. The first kappa shape index (κ1) is 18.3. The molecular weight excluding hydrogens is 359 g/mol. The van der Waals surface area contributed by atoms with E-state index in [0.717, 1.165) is 12.1 Å². The molecule has 1 aliphatic heterocycles. The standard InChI is InChI=1S/C18H19FN2O4S/c1-25-17-7-3-2-5-15(17)20-18(22)16-6-4-12-21(16)26(23,24)14-10-8-13(19)9-11-14/h2-3,5,7-11,16H,4,6,12H2,1H3,(H,20,22). The first-order valence-corrected chi connectivity index (χ1v) is 9.59. The van der Waals surface area contributed by atoms with E-state index in [0.29, 0.717) is 24.3 Å². The lowest BCUT2D eigenvalue weighted by atomic mass is 10.2. The van der Waals surface area contributed by atoms with Gasteiger partial charge in [0.05, 0.1) is 17.7 Å². The number of methoxy groups -OCH3 is 1. The van der Waals surface area contributed by atoms with Gasteiger partial charge in [-0.3, -0.25) is 4.79 Å². The molecule has 1 aliphatic rings. The molecule has 0 saturated carbocycles. The summed E-state index contributed by atoms with van der Waals surface area (Å²) in [5.41, 5.74) is 0.478. The van der Waals surface area contributed by atoms with Gasteiger partial charge in [0.1, 0.15) is 17.6 Å². The van der Waals surface area contributed by atoms with E-state index in [1.165, 1.54) is 23.5 Å². The quantitative estimate of drug-likeness (QED) is 0.868. The third kappa shape index (κ3) is 3.56. The molecule has 0 radical (unpaired) electrons. The van der Waals surface area contributed by atoms with Crippen molar-refractivity contribution in [2.45, 2.75) is 23.8 Å². The summed E-state index contributed by atoms with van der Waals surface area (Å²) in [6.07, 6.45) is 0.992. The average molecular weight is 378 g/mol. The van der Waals surface area contributed by atoms with Crippen LogP contribution in [-0.4, -0.2) is 38.3 Å². The molecule has 0 spiro atoms. The zero-order valence-corrected chi connectivity index (χ0v) is 15.0. The molecule has 2 aromatic rings. The van der Waals surface area contributed by atoms with Crippen LogP contribution < -0.4 is 10.1 Å². The second-order valence-electron chi connectivity index (χ2n) is 5.92. The average Bonchev–Trinajstić information content (AvgIpc) is 3.13. The number of amides is 1. The number of rotatable bonds is 5. The SMILES string of the molecule is COc1ccccc1NC(=O)C1CCCN1S(=O)(=O)c1ccc(F)cc1. The molecule has 1 fully saturated rings. The van der Waals surface area contributed by atoms with Crippen LogP contribution in [0, 0.1) is 5.82 Å². The highest BCUT2D eigenvalue weighted by molar-refractivity contribution is 7.89. The van der Waals surface area contributed by atoms with E-state index < -0.39 is 27.8 Å². The number of nitrogens with zero attached hydrogens (tertiary/aromatic N) is 1. The van der Waals surface area contributed by atoms with E-state index in [1.54, 1.807) is 24.3 Å². The Balaban J connectivity index is 1.83. The van der Waals surface area contributed by atoms with E-state index in [1.807, 2.05) is 0 Å². The minimum atomic E-state index is -3.88. The summed E-state index contributed by atoms with van der Waals surface area (Å²) in [6, 6.07) is 10.7. The van der Waals surface area contributed by atoms with Crippen molar-refractivity contribution in [1.82, 2.24) is 4.31 Å². The Morgan fingerprint density at radius 1 is 1.19 bits per heavy atom. The molecule has 26 heavy (non-hydrogen) atoms. The monoisotopic (exact) mass is 378 g/mol. The molecule has 8 heteroatoms. The van der Waals surface area contributed by atoms with Gasteiger partial charge in [-0.05, 0) is 49.2 Å². The molecule has 1 atom stereocenters. The maximum Gasteiger partial charge on any atom is 0.243 e. The molecule has 1 saturated heterocycles. The second kappa shape index (κ2) is 7.43. The van der Waals surface area contributed by atoms with Gasteiger partial charge in [0.15, 0.2) is 0 Å². The molecule has 0 aromatic heterocycles. The first-order valence-electron chi connectivity index (χ1n) is 8.15. The molecule has 1 heterocycles. The van der Waals surface area contributed by atoms with Crippen molar-refractivity contribution >= 4 is 21.6 Å². The number of carbonyl (C=O) groups is 1. The van der Waals surface area contributed by atoms with Gasteiger partial charge >= 0.3 is 0 Å². The van der Waals surface area contributed by atoms with Crippen LogP contribution >= 0.6 is 0 Å². The highest BCUT2D eigenvalue weighted by atomic mass is 32.2. The predicted octanol–water partition coefficient (Wildman–Crippen LogP) is 2.63. The van der Waals surface area contributed by atoms with Crippen LogP contribution in [0.25, 0.3) is 0 Å². The summed E-state index contributed by atoms with van der Waals surface area (Å²) in [4.78, 5) is 12.7. The zero-order chi connectivity index (χ0) is 18.7. The molecule has 1 unspecified atom stereocenters. The molecule has 0 aliphatic carbocycles. The number of anilines is 1. The van der Waals surface area contributed by atoms with Crippen molar-refractivity contribution < 1.29 is 22.3 Å². The Morgan fingerprint density at radius 2 is 1.88 bits per heavy atom. The molecular formula is C18H19FN2O4S. The van der Waals surface area contributed by atoms with Crippen molar-refractivity contribution in [3.05, 3.63) is 54.3 Å². The van der Waals surface area contributed by atoms with Crippen LogP contribution in [0.4, 0.5) is 10.1 Å². The summed E-state index contributed by atoms with van der Waals surface area (Å²) in [5, 5.41) is 2.74. The van der Waals surface area contributed by atoms with Crippen molar-refractivity contribution in [2.75, 3.05) is 19.0 Å². The summed E-state index contributed by atoms with van der Waals surface area (Å²) >= 11 is 0. The van der Waals surface area contributed by atoms with Crippen molar-refractivity contribution in [2.24, 2.45) is 0 Å². The Hall–Kier alpha value is -2.45. The number of sulfonamides is 1. The van der Waals surface area contributed by atoms with Crippen LogP contribution in [0.2, 0.25) is 0 Å². The zero-order valence-electron chi connectivity index (χ0n) is 14.2. The van der Waals surface area contributed by atoms with E-state index >= 15 is 0 Å². The number of para-hydroxylation sites is 2. The summed E-state index contributed by atoms with van der Waals surface area (Å²) < 4.78 is 45.1. The first-order chi connectivity index (χ1) is 12.4. The number of ether oxygens (including phenoxy) is 1. The Kier molecular flexibility index (Phi) is 5.24. The molecule has 2 aromatic carbocycles.